The maximum Gasteiger partial charge on any atom is 0.237 e. The van der Waals surface area contributed by atoms with E-state index in [1.54, 1.807) is 19.5 Å². The lowest BCUT2D eigenvalue weighted by Crippen LogP contribution is -2.37. The number of rotatable bonds is 4. The number of hydrazine groups is 1. The molecule has 1 aromatic rings. The number of methoxy groups -OCH3 is 1. The first-order chi connectivity index (χ1) is 7.86. The van der Waals surface area contributed by atoms with Crippen LogP contribution in [0.15, 0.2) is 12.4 Å². The first kappa shape index (κ1) is 11.3. The molecule has 0 aromatic carbocycles. The Morgan fingerprint density at radius 2 is 2.38 bits per heavy atom. The summed E-state index contributed by atoms with van der Waals surface area (Å²) in [4.78, 5) is 8.36. The number of nitrogens with zero attached hydrogens (tertiary/aromatic N) is 2. The van der Waals surface area contributed by atoms with E-state index in [9.17, 15) is 0 Å². The average Bonchev–Trinajstić information content (AvgIpc) is 2.84. The Morgan fingerprint density at radius 3 is 3.00 bits per heavy atom. The first-order valence-electron chi connectivity index (χ1n) is 5.29. The van der Waals surface area contributed by atoms with Gasteiger partial charge in [0.2, 0.25) is 5.88 Å². The molecule has 16 heavy (non-hydrogen) atoms. The van der Waals surface area contributed by atoms with Crippen molar-refractivity contribution in [2.24, 2.45) is 5.84 Å². The van der Waals surface area contributed by atoms with Crippen molar-refractivity contribution in [2.75, 3.05) is 13.7 Å². The van der Waals surface area contributed by atoms with Crippen LogP contribution < -0.4 is 16.0 Å². The molecule has 1 aliphatic rings. The molecule has 0 radical (unpaired) electrons. The van der Waals surface area contributed by atoms with Gasteiger partial charge in [0.25, 0.3) is 0 Å². The number of hydrogen-bond acceptors (Lipinski definition) is 6. The quantitative estimate of drug-likeness (QED) is 0.560. The second-order valence-electron chi connectivity index (χ2n) is 3.65. The summed E-state index contributed by atoms with van der Waals surface area (Å²) in [6, 6.07) is -0.175. The van der Waals surface area contributed by atoms with Gasteiger partial charge >= 0.3 is 0 Å². The standard InChI is InChI=1S/C10H16N4O2/c1-15-10-9(12-4-5-13-10)8(14-11)7-3-2-6-16-7/h4-5,7-8,14H,2-3,6,11H2,1H3. The molecule has 1 fully saturated rings. The topological polar surface area (TPSA) is 82.3 Å². The zero-order valence-corrected chi connectivity index (χ0v) is 9.22. The van der Waals surface area contributed by atoms with Gasteiger partial charge in [-0.25, -0.2) is 10.4 Å². The van der Waals surface area contributed by atoms with Crippen molar-refractivity contribution in [3.8, 4) is 5.88 Å². The van der Waals surface area contributed by atoms with Crippen molar-refractivity contribution in [1.82, 2.24) is 15.4 Å². The van der Waals surface area contributed by atoms with Crippen LogP contribution in [0.25, 0.3) is 0 Å². The van der Waals surface area contributed by atoms with Gasteiger partial charge in [0, 0.05) is 19.0 Å². The van der Waals surface area contributed by atoms with E-state index in [0.717, 1.165) is 19.4 Å². The van der Waals surface area contributed by atoms with Gasteiger partial charge in [0.15, 0.2) is 0 Å². The maximum atomic E-state index is 5.59. The van der Waals surface area contributed by atoms with E-state index in [1.807, 2.05) is 0 Å². The summed E-state index contributed by atoms with van der Waals surface area (Å²) in [5, 5.41) is 0. The summed E-state index contributed by atoms with van der Waals surface area (Å²) >= 11 is 0. The van der Waals surface area contributed by atoms with Crippen LogP contribution in [0.1, 0.15) is 24.6 Å². The van der Waals surface area contributed by atoms with E-state index in [2.05, 4.69) is 15.4 Å². The normalized spacial score (nSPS) is 22.0. The number of hydrogen-bond donors (Lipinski definition) is 2. The Kier molecular flexibility index (Phi) is 3.66. The van der Waals surface area contributed by atoms with Gasteiger partial charge in [0.1, 0.15) is 5.69 Å². The number of aromatic nitrogens is 2. The second-order valence-corrected chi connectivity index (χ2v) is 3.65. The SMILES string of the molecule is COc1nccnc1C(NN)C1CCCO1. The Morgan fingerprint density at radius 1 is 1.56 bits per heavy atom. The summed E-state index contributed by atoms with van der Waals surface area (Å²) in [5.41, 5.74) is 3.42. The van der Waals surface area contributed by atoms with Crippen molar-refractivity contribution in [3.63, 3.8) is 0 Å². The molecule has 0 aliphatic carbocycles. The molecule has 6 heteroatoms. The summed E-state index contributed by atoms with van der Waals surface area (Å²) in [5.74, 6) is 6.04. The molecular formula is C10H16N4O2. The molecule has 3 N–H and O–H groups in total. The van der Waals surface area contributed by atoms with Crippen LogP contribution in [0.3, 0.4) is 0 Å². The molecule has 0 spiro atoms. The van der Waals surface area contributed by atoms with Crippen molar-refractivity contribution >= 4 is 0 Å². The fourth-order valence-electron chi connectivity index (χ4n) is 1.93. The molecule has 0 bridgehead atoms. The summed E-state index contributed by atoms with van der Waals surface area (Å²) in [6.45, 7) is 0.769. The van der Waals surface area contributed by atoms with Crippen LogP contribution in [0, 0.1) is 0 Å². The van der Waals surface area contributed by atoms with Gasteiger partial charge in [-0.2, -0.15) is 0 Å². The molecule has 88 valence electrons. The Hall–Kier alpha value is -1.24. The number of nitrogens with two attached hydrogens (primary N) is 1. The molecule has 1 aliphatic heterocycles. The predicted octanol–water partition coefficient (Wildman–Crippen LogP) is 0.169. The molecule has 2 unspecified atom stereocenters. The molecule has 2 rings (SSSR count). The monoisotopic (exact) mass is 224 g/mol. The van der Waals surface area contributed by atoms with E-state index in [4.69, 9.17) is 15.3 Å². The molecule has 1 saturated heterocycles. The third kappa shape index (κ3) is 2.13. The van der Waals surface area contributed by atoms with Gasteiger partial charge in [-0.05, 0) is 12.8 Å². The van der Waals surface area contributed by atoms with E-state index < -0.39 is 0 Å². The van der Waals surface area contributed by atoms with Gasteiger partial charge in [-0.15, -0.1) is 0 Å². The highest BCUT2D eigenvalue weighted by molar-refractivity contribution is 5.22. The van der Waals surface area contributed by atoms with Crippen LogP contribution in [0.4, 0.5) is 0 Å². The van der Waals surface area contributed by atoms with Crippen LogP contribution >= 0.6 is 0 Å². The van der Waals surface area contributed by atoms with E-state index in [0.29, 0.717) is 11.6 Å². The van der Waals surface area contributed by atoms with Crippen LogP contribution in [-0.2, 0) is 4.74 Å². The van der Waals surface area contributed by atoms with Crippen LogP contribution in [-0.4, -0.2) is 29.8 Å². The highest BCUT2D eigenvalue weighted by Crippen LogP contribution is 2.28. The minimum atomic E-state index is -0.175. The third-order valence-corrected chi connectivity index (χ3v) is 2.70. The lowest BCUT2D eigenvalue weighted by Gasteiger charge is -2.22. The van der Waals surface area contributed by atoms with E-state index in [1.165, 1.54) is 0 Å². The Labute approximate surface area is 94.1 Å². The maximum absolute atomic E-state index is 5.59. The minimum absolute atomic E-state index is 0.0376. The van der Waals surface area contributed by atoms with Gasteiger partial charge < -0.3 is 9.47 Å². The minimum Gasteiger partial charge on any atom is -0.480 e. The summed E-state index contributed by atoms with van der Waals surface area (Å²) in [7, 11) is 1.57. The summed E-state index contributed by atoms with van der Waals surface area (Å²) in [6.07, 6.45) is 5.26. The number of ether oxygens (including phenoxy) is 2. The van der Waals surface area contributed by atoms with Crippen molar-refractivity contribution in [1.29, 1.82) is 0 Å². The first-order valence-corrected chi connectivity index (χ1v) is 5.29. The van der Waals surface area contributed by atoms with Gasteiger partial charge in [0.05, 0.1) is 19.3 Å². The van der Waals surface area contributed by atoms with Crippen molar-refractivity contribution in [3.05, 3.63) is 18.1 Å². The fourth-order valence-corrected chi connectivity index (χ4v) is 1.93. The fraction of sp³-hybridized carbons (Fsp3) is 0.600. The molecular weight excluding hydrogens is 208 g/mol. The van der Waals surface area contributed by atoms with E-state index >= 15 is 0 Å². The summed E-state index contributed by atoms with van der Waals surface area (Å²) < 4.78 is 10.8. The van der Waals surface area contributed by atoms with Crippen molar-refractivity contribution < 1.29 is 9.47 Å². The second kappa shape index (κ2) is 5.20. The number of nitrogens with one attached hydrogen (secondary N) is 1. The molecule has 0 amide bonds. The molecule has 0 saturated carbocycles. The molecule has 2 heterocycles. The average molecular weight is 224 g/mol. The van der Waals surface area contributed by atoms with Gasteiger partial charge in [-0.3, -0.25) is 10.8 Å². The van der Waals surface area contributed by atoms with Crippen LogP contribution in [0.5, 0.6) is 5.88 Å². The molecule has 6 nitrogen and oxygen atoms in total. The zero-order valence-electron chi connectivity index (χ0n) is 9.22. The van der Waals surface area contributed by atoms with Gasteiger partial charge in [-0.1, -0.05) is 0 Å². The zero-order chi connectivity index (χ0) is 11.4. The largest absolute Gasteiger partial charge is 0.480 e. The lowest BCUT2D eigenvalue weighted by molar-refractivity contribution is 0.0759. The predicted molar refractivity (Wildman–Crippen MR) is 57.6 cm³/mol. The molecule has 2 atom stereocenters. The lowest BCUT2D eigenvalue weighted by atomic mass is 10.1. The van der Waals surface area contributed by atoms with E-state index in [-0.39, 0.29) is 12.1 Å². The smallest absolute Gasteiger partial charge is 0.237 e. The Balaban J connectivity index is 2.24. The molecule has 1 aromatic heterocycles. The highest BCUT2D eigenvalue weighted by Gasteiger charge is 2.30. The van der Waals surface area contributed by atoms with Crippen LogP contribution in [0.2, 0.25) is 0 Å². The Bertz CT molecular complexity index is 341. The van der Waals surface area contributed by atoms with Crippen molar-refractivity contribution in [2.45, 2.75) is 25.0 Å². The third-order valence-electron chi connectivity index (χ3n) is 2.70. The highest BCUT2D eigenvalue weighted by atomic mass is 16.5.